The van der Waals surface area contributed by atoms with Crippen LogP contribution in [0.25, 0.3) is 0 Å². The third kappa shape index (κ3) is 5.41. The standard InChI is InChI=1S/C19H24ClNO5/c1-12(2)26-18-16(20)8-14(9-17(18)24-3)19(23)21-10-13(11-22)7-15-5-4-6-25-15/h4-6,8-9,12-13,22H,7,10-11H2,1-3H3,(H,21,23). The predicted octanol–water partition coefficient (Wildman–Crippen LogP) is 3.31. The molecule has 142 valence electrons. The molecule has 26 heavy (non-hydrogen) atoms. The lowest BCUT2D eigenvalue weighted by Crippen LogP contribution is -2.31. The van der Waals surface area contributed by atoms with Crippen molar-refractivity contribution in [1.29, 1.82) is 0 Å². The molecule has 1 aromatic heterocycles. The summed E-state index contributed by atoms with van der Waals surface area (Å²) in [5.41, 5.74) is 0.359. The number of rotatable bonds is 9. The first-order chi connectivity index (χ1) is 12.4. The molecule has 0 spiro atoms. The summed E-state index contributed by atoms with van der Waals surface area (Å²) in [5, 5.41) is 12.6. The van der Waals surface area contributed by atoms with Gasteiger partial charge in [0, 0.05) is 31.1 Å². The first-order valence-corrected chi connectivity index (χ1v) is 8.78. The number of amides is 1. The second-order valence-corrected chi connectivity index (χ2v) is 6.61. The monoisotopic (exact) mass is 381 g/mol. The van der Waals surface area contributed by atoms with E-state index in [1.807, 2.05) is 19.9 Å². The Morgan fingerprint density at radius 1 is 1.38 bits per heavy atom. The van der Waals surface area contributed by atoms with Gasteiger partial charge in [-0.15, -0.1) is 0 Å². The molecule has 0 saturated heterocycles. The average Bonchev–Trinajstić information content (AvgIpc) is 3.12. The lowest BCUT2D eigenvalue weighted by Gasteiger charge is -2.17. The summed E-state index contributed by atoms with van der Waals surface area (Å²) in [6, 6.07) is 6.75. The minimum Gasteiger partial charge on any atom is -0.493 e. The molecule has 1 atom stereocenters. The van der Waals surface area contributed by atoms with Gasteiger partial charge in [0.15, 0.2) is 11.5 Å². The number of halogens is 1. The van der Waals surface area contributed by atoms with Gasteiger partial charge in [0.05, 0.1) is 24.5 Å². The van der Waals surface area contributed by atoms with E-state index in [4.69, 9.17) is 25.5 Å². The van der Waals surface area contributed by atoms with Crippen LogP contribution < -0.4 is 14.8 Å². The molecule has 2 aromatic rings. The van der Waals surface area contributed by atoms with E-state index in [0.29, 0.717) is 35.1 Å². The van der Waals surface area contributed by atoms with Crippen molar-refractivity contribution in [2.24, 2.45) is 5.92 Å². The van der Waals surface area contributed by atoms with Crippen LogP contribution in [0.1, 0.15) is 30.0 Å². The van der Waals surface area contributed by atoms with Crippen LogP contribution in [0.15, 0.2) is 34.9 Å². The summed E-state index contributed by atoms with van der Waals surface area (Å²) in [7, 11) is 1.49. The number of aliphatic hydroxyl groups is 1. The van der Waals surface area contributed by atoms with Gasteiger partial charge >= 0.3 is 0 Å². The van der Waals surface area contributed by atoms with E-state index in [9.17, 15) is 9.90 Å². The van der Waals surface area contributed by atoms with Crippen LogP contribution in [-0.2, 0) is 6.42 Å². The number of carbonyl (C=O) groups excluding carboxylic acids is 1. The number of furan rings is 1. The maximum absolute atomic E-state index is 12.5. The maximum atomic E-state index is 12.5. The molecule has 1 heterocycles. The Kier molecular flexibility index (Phi) is 7.36. The molecule has 0 fully saturated rings. The topological polar surface area (TPSA) is 80.9 Å². The van der Waals surface area contributed by atoms with E-state index < -0.39 is 0 Å². The molecule has 1 amide bonds. The van der Waals surface area contributed by atoms with Gasteiger partial charge in [-0.25, -0.2) is 0 Å². The first-order valence-electron chi connectivity index (χ1n) is 8.40. The molecule has 0 aliphatic rings. The van der Waals surface area contributed by atoms with E-state index in [1.165, 1.54) is 13.2 Å². The molecular weight excluding hydrogens is 358 g/mol. The minimum atomic E-state index is -0.306. The van der Waals surface area contributed by atoms with Crippen LogP contribution in [0, 0.1) is 5.92 Å². The highest BCUT2D eigenvalue weighted by Gasteiger charge is 2.18. The van der Waals surface area contributed by atoms with Crippen LogP contribution in [0.2, 0.25) is 5.02 Å². The van der Waals surface area contributed by atoms with Crippen LogP contribution in [0.3, 0.4) is 0 Å². The summed E-state index contributed by atoms with van der Waals surface area (Å²) in [6.07, 6.45) is 2.04. The molecule has 2 rings (SSSR count). The van der Waals surface area contributed by atoms with Gasteiger partial charge in [0.25, 0.3) is 5.91 Å². The lowest BCUT2D eigenvalue weighted by molar-refractivity contribution is 0.0938. The fourth-order valence-electron chi connectivity index (χ4n) is 2.45. The fourth-order valence-corrected chi connectivity index (χ4v) is 2.71. The summed E-state index contributed by atoms with van der Waals surface area (Å²) in [4.78, 5) is 12.5. The van der Waals surface area contributed by atoms with Crippen molar-refractivity contribution in [3.63, 3.8) is 0 Å². The van der Waals surface area contributed by atoms with E-state index in [0.717, 1.165) is 5.76 Å². The highest BCUT2D eigenvalue weighted by molar-refractivity contribution is 6.32. The number of ether oxygens (including phenoxy) is 2. The van der Waals surface area contributed by atoms with E-state index in [2.05, 4.69) is 5.32 Å². The highest BCUT2D eigenvalue weighted by Crippen LogP contribution is 2.37. The number of hydrogen-bond acceptors (Lipinski definition) is 5. The number of nitrogens with one attached hydrogen (secondary N) is 1. The van der Waals surface area contributed by atoms with Crippen molar-refractivity contribution in [2.45, 2.75) is 26.4 Å². The Hall–Kier alpha value is -2.18. The van der Waals surface area contributed by atoms with Crippen LogP contribution >= 0.6 is 11.6 Å². The molecule has 0 radical (unpaired) electrons. The second-order valence-electron chi connectivity index (χ2n) is 6.20. The molecule has 0 saturated carbocycles. The Balaban J connectivity index is 2.05. The predicted molar refractivity (Wildman–Crippen MR) is 99.1 cm³/mol. The summed E-state index contributed by atoms with van der Waals surface area (Å²) < 4.78 is 16.2. The molecule has 1 aromatic carbocycles. The van der Waals surface area contributed by atoms with Gasteiger partial charge in [0.1, 0.15) is 5.76 Å². The van der Waals surface area contributed by atoms with Crippen LogP contribution in [-0.4, -0.2) is 37.4 Å². The van der Waals surface area contributed by atoms with Crippen molar-refractivity contribution >= 4 is 17.5 Å². The fraction of sp³-hybridized carbons (Fsp3) is 0.421. The van der Waals surface area contributed by atoms with Gasteiger partial charge < -0.3 is 24.3 Å². The number of benzene rings is 1. The van der Waals surface area contributed by atoms with Gasteiger partial charge in [-0.2, -0.15) is 0 Å². The largest absolute Gasteiger partial charge is 0.493 e. The Morgan fingerprint density at radius 2 is 2.15 bits per heavy atom. The van der Waals surface area contributed by atoms with Gasteiger partial charge in [-0.3, -0.25) is 4.79 Å². The highest BCUT2D eigenvalue weighted by atomic mass is 35.5. The summed E-state index contributed by atoms with van der Waals surface area (Å²) in [5.74, 6) is 1.11. The second kappa shape index (κ2) is 9.50. The Bertz CT molecular complexity index is 715. The zero-order valence-electron chi connectivity index (χ0n) is 15.1. The van der Waals surface area contributed by atoms with E-state index in [-0.39, 0.29) is 24.5 Å². The van der Waals surface area contributed by atoms with Crippen molar-refractivity contribution < 1.29 is 23.8 Å². The normalized spacial score (nSPS) is 12.1. The van der Waals surface area contributed by atoms with Gasteiger partial charge in [0.2, 0.25) is 0 Å². The molecular formula is C19H24ClNO5. The molecule has 1 unspecified atom stereocenters. The summed E-state index contributed by atoms with van der Waals surface area (Å²) >= 11 is 6.25. The number of hydrogen-bond donors (Lipinski definition) is 2. The third-order valence-corrected chi connectivity index (χ3v) is 4.01. The van der Waals surface area contributed by atoms with Crippen LogP contribution in [0.4, 0.5) is 0 Å². The number of carbonyl (C=O) groups is 1. The van der Waals surface area contributed by atoms with Crippen molar-refractivity contribution in [2.75, 3.05) is 20.3 Å². The van der Waals surface area contributed by atoms with Crippen molar-refractivity contribution in [3.8, 4) is 11.5 Å². The Labute approximate surface area is 158 Å². The summed E-state index contributed by atoms with van der Waals surface area (Å²) in [6.45, 7) is 4.00. The molecule has 0 bridgehead atoms. The lowest BCUT2D eigenvalue weighted by atomic mass is 10.0. The molecule has 0 aliphatic heterocycles. The zero-order valence-corrected chi connectivity index (χ0v) is 15.9. The minimum absolute atomic E-state index is 0.0633. The number of aliphatic hydroxyl groups excluding tert-OH is 1. The first kappa shape index (κ1) is 20.1. The molecule has 6 nitrogen and oxygen atoms in total. The smallest absolute Gasteiger partial charge is 0.251 e. The van der Waals surface area contributed by atoms with Crippen molar-refractivity contribution in [1.82, 2.24) is 5.32 Å². The van der Waals surface area contributed by atoms with Gasteiger partial charge in [-0.05, 0) is 38.1 Å². The maximum Gasteiger partial charge on any atom is 0.251 e. The Morgan fingerprint density at radius 3 is 2.73 bits per heavy atom. The quantitative estimate of drug-likeness (QED) is 0.696. The number of methoxy groups -OCH3 is 1. The zero-order chi connectivity index (χ0) is 19.1. The molecule has 0 aliphatic carbocycles. The van der Waals surface area contributed by atoms with Crippen molar-refractivity contribution in [3.05, 3.63) is 46.9 Å². The average molecular weight is 382 g/mol. The van der Waals surface area contributed by atoms with E-state index >= 15 is 0 Å². The molecule has 2 N–H and O–H groups in total. The van der Waals surface area contributed by atoms with Crippen LogP contribution in [0.5, 0.6) is 11.5 Å². The van der Waals surface area contributed by atoms with E-state index in [1.54, 1.807) is 18.4 Å². The SMILES string of the molecule is COc1cc(C(=O)NCC(CO)Cc2ccco2)cc(Cl)c1OC(C)C. The molecule has 7 heteroatoms. The third-order valence-electron chi connectivity index (χ3n) is 3.72. The van der Waals surface area contributed by atoms with Gasteiger partial charge in [-0.1, -0.05) is 11.6 Å².